The summed E-state index contributed by atoms with van der Waals surface area (Å²) < 4.78 is 15.8. The zero-order chi connectivity index (χ0) is 30.5. The molecule has 0 aromatic heterocycles. The molecule has 11 nitrogen and oxygen atoms in total. The van der Waals surface area contributed by atoms with Crippen molar-refractivity contribution >= 4 is 29.8 Å². The molecule has 11 heteroatoms. The Labute approximate surface area is 237 Å². The van der Waals surface area contributed by atoms with Gasteiger partial charge in [0.15, 0.2) is 5.78 Å². The van der Waals surface area contributed by atoms with Crippen molar-refractivity contribution in [2.45, 2.75) is 92.1 Å². The second-order valence-corrected chi connectivity index (χ2v) is 11.9. The Morgan fingerprint density at radius 1 is 0.875 bits per heavy atom. The fourth-order valence-electron chi connectivity index (χ4n) is 3.45. The number of carbonyl (C=O) groups is 5. The molecule has 0 aliphatic carbocycles. The van der Waals surface area contributed by atoms with E-state index in [9.17, 15) is 24.0 Å². The molecule has 1 atom stereocenters. The molecular weight excluding hydrogens is 518 g/mol. The van der Waals surface area contributed by atoms with Crippen molar-refractivity contribution in [2.24, 2.45) is 5.92 Å². The summed E-state index contributed by atoms with van der Waals surface area (Å²) in [6, 6.07) is 8.10. The predicted octanol–water partition coefficient (Wildman–Crippen LogP) is 3.98. The first-order valence-electron chi connectivity index (χ1n) is 13.4. The maximum atomic E-state index is 13.5. The molecule has 40 heavy (non-hydrogen) atoms. The largest absolute Gasteiger partial charge is 0.459 e. The number of hydrogen-bond donors (Lipinski definition) is 2. The zero-order valence-corrected chi connectivity index (χ0v) is 25.0. The maximum Gasteiger partial charge on any atom is 0.408 e. The number of benzene rings is 1. The summed E-state index contributed by atoms with van der Waals surface area (Å²) in [6.45, 7) is 13.2. The van der Waals surface area contributed by atoms with Gasteiger partial charge >= 0.3 is 18.2 Å². The van der Waals surface area contributed by atoms with Crippen molar-refractivity contribution in [1.29, 1.82) is 0 Å². The van der Waals surface area contributed by atoms with Crippen LogP contribution in [-0.2, 0) is 35.2 Å². The third-order valence-electron chi connectivity index (χ3n) is 5.05. The molecule has 0 fully saturated rings. The third kappa shape index (κ3) is 15.7. The van der Waals surface area contributed by atoms with Crippen molar-refractivity contribution in [3.8, 4) is 0 Å². The number of hydrogen-bond acceptors (Lipinski definition) is 8. The summed E-state index contributed by atoms with van der Waals surface area (Å²) in [5.41, 5.74) is -0.748. The van der Waals surface area contributed by atoms with E-state index < -0.39 is 47.9 Å². The van der Waals surface area contributed by atoms with Gasteiger partial charge in [0.2, 0.25) is 5.91 Å². The Kier molecular flexibility index (Phi) is 13.6. The molecule has 2 N–H and O–H groups in total. The van der Waals surface area contributed by atoms with Crippen LogP contribution in [0.25, 0.3) is 0 Å². The van der Waals surface area contributed by atoms with Gasteiger partial charge in [0.1, 0.15) is 30.4 Å². The number of ether oxygens (including phenoxy) is 3. The van der Waals surface area contributed by atoms with E-state index >= 15 is 0 Å². The lowest BCUT2D eigenvalue weighted by atomic mass is 10.0. The highest BCUT2D eigenvalue weighted by Crippen LogP contribution is 2.13. The maximum absolute atomic E-state index is 13.5. The normalized spacial score (nSPS) is 12.2. The fraction of sp³-hybridized carbons (Fsp3) is 0.621. The molecule has 0 aliphatic rings. The first-order valence-corrected chi connectivity index (χ1v) is 13.4. The summed E-state index contributed by atoms with van der Waals surface area (Å²) >= 11 is 0. The van der Waals surface area contributed by atoms with Crippen LogP contribution < -0.4 is 10.6 Å². The molecule has 0 saturated heterocycles. The smallest absolute Gasteiger partial charge is 0.408 e. The summed E-state index contributed by atoms with van der Waals surface area (Å²) in [6.07, 6.45) is -1.38. The number of nitrogens with one attached hydrogen (secondary N) is 2. The van der Waals surface area contributed by atoms with Gasteiger partial charge in [-0.25, -0.2) is 9.59 Å². The predicted molar refractivity (Wildman–Crippen MR) is 149 cm³/mol. The van der Waals surface area contributed by atoms with E-state index in [2.05, 4.69) is 10.6 Å². The van der Waals surface area contributed by atoms with E-state index in [1.807, 2.05) is 32.0 Å². The highest BCUT2D eigenvalue weighted by Gasteiger charge is 2.31. The van der Waals surface area contributed by atoms with Gasteiger partial charge < -0.3 is 29.7 Å². The number of Topliss-reactive ketones (excluding diaryl/α,β-unsaturated/α-hetero) is 1. The zero-order valence-electron chi connectivity index (χ0n) is 25.0. The Bertz CT molecular complexity index is 997. The van der Waals surface area contributed by atoms with Crippen LogP contribution in [0.15, 0.2) is 30.3 Å². The lowest BCUT2D eigenvalue weighted by Gasteiger charge is -2.30. The van der Waals surface area contributed by atoms with Crippen LogP contribution >= 0.6 is 0 Å². The molecule has 0 radical (unpaired) electrons. The van der Waals surface area contributed by atoms with Crippen LogP contribution in [0.5, 0.6) is 0 Å². The number of carbonyl (C=O) groups excluding carboxylic acids is 5. The highest BCUT2D eigenvalue weighted by molar-refractivity contribution is 5.89. The van der Waals surface area contributed by atoms with E-state index in [1.165, 1.54) is 4.90 Å². The molecule has 224 valence electrons. The Balaban J connectivity index is 2.86. The van der Waals surface area contributed by atoms with Crippen LogP contribution in [0.4, 0.5) is 9.59 Å². The summed E-state index contributed by atoms with van der Waals surface area (Å²) in [5, 5.41) is 4.99. The fourth-order valence-corrected chi connectivity index (χ4v) is 3.45. The molecule has 1 aromatic carbocycles. The van der Waals surface area contributed by atoms with Gasteiger partial charge in [-0.1, -0.05) is 44.2 Å². The molecular formula is C29H45N3O8. The molecule has 1 aromatic rings. The summed E-state index contributed by atoms with van der Waals surface area (Å²) in [4.78, 5) is 64.3. The van der Waals surface area contributed by atoms with Crippen molar-refractivity contribution in [2.75, 3.05) is 19.6 Å². The van der Waals surface area contributed by atoms with Crippen LogP contribution in [0, 0.1) is 5.92 Å². The number of esters is 1. The molecule has 0 unspecified atom stereocenters. The first-order chi connectivity index (χ1) is 18.4. The van der Waals surface area contributed by atoms with Gasteiger partial charge in [-0.15, -0.1) is 0 Å². The number of alkyl carbamates (subject to hydrolysis) is 2. The number of ketones is 1. The van der Waals surface area contributed by atoms with E-state index in [0.717, 1.165) is 5.56 Å². The van der Waals surface area contributed by atoms with Gasteiger partial charge in [0.25, 0.3) is 0 Å². The van der Waals surface area contributed by atoms with E-state index in [4.69, 9.17) is 14.2 Å². The SMILES string of the molecule is CC(C)C[C@H](NC(=O)OC(C)(C)C)C(=O)N(CCC(=O)CNC(=O)OCc1ccccc1)CC(=O)OC(C)(C)C. The van der Waals surface area contributed by atoms with Crippen molar-refractivity contribution in [3.63, 3.8) is 0 Å². The van der Waals surface area contributed by atoms with Crippen molar-refractivity contribution in [3.05, 3.63) is 35.9 Å². The molecule has 0 spiro atoms. The minimum Gasteiger partial charge on any atom is -0.459 e. The molecule has 0 heterocycles. The quantitative estimate of drug-likeness (QED) is 0.271. The molecule has 1 rings (SSSR count). The average molecular weight is 564 g/mol. The molecule has 0 aliphatic heterocycles. The van der Waals surface area contributed by atoms with Gasteiger partial charge in [-0.05, 0) is 59.4 Å². The van der Waals surface area contributed by atoms with E-state index in [1.54, 1.807) is 53.7 Å². The minimum absolute atomic E-state index is 0.0278. The summed E-state index contributed by atoms with van der Waals surface area (Å²) in [7, 11) is 0. The van der Waals surface area contributed by atoms with Crippen LogP contribution in [0.1, 0.15) is 73.8 Å². The average Bonchev–Trinajstić information content (AvgIpc) is 2.81. The molecule has 0 saturated carbocycles. The lowest BCUT2D eigenvalue weighted by Crippen LogP contribution is -2.52. The standard InChI is InChI=1S/C29H45N3O8/c1-20(2)16-23(31-27(37)40-29(6,7)8)25(35)32(18-24(34)39-28(3,4)5)15-14-22(33)17-30-26(36)38-19-21-12-10-9-11-13-21/h9-13,20,23H,14-19H2,1-8H3,(H,30,36)(H,31,37)/t23-/m0/s1. The Morgan fingerprint density at radius 3 is 2.02 bits per heavy atom. The van der Waals surface area contributed by atoms with Crippen molar-refractivity contribution in [1.82, 2.24) is 15.5 Å². The first kappa shape index (κ1) is 34.4. The van der Waals surface area contributed by atoms with Gasteiger partial charge in [0.05, 0.1) is 6.54 Å². The minimum atomic E-state index is -0.988. The van der Waals surface area contributed by atoms with Gasteiger partial charge in [0, 0.05) is 13.0 Å². The monoisotopic (exact) mass is 563 g/mol. The Hall–Kier alpha value is -3.63. The topological polar surface area (TPSA) is 140 Å². The highest BCUT2D eigenvalue weighted by atomic mass is 16.6. The number of nitrogens with zero attached hydrogens (tertiary/aromatic N) is 1. The van der Waals surface area contributed by atoms with Crippen LogP contribution in [-0.4, -0.2) is 71.6 Å². The van der Waals surface area contributed by atoms with E-state index in [-0.39, 0.29) is 44.2 Å². The second-order valence-electron chi connectivity index (χ2n) is 11.9. The third-order valence-corrected chi connectivity index (χ3v) is 5.05. The number of rotatable bonds is 13. The van der Waals surface area contributed by atoms with Crippen LogP contribution in [0.3, 0.4) is 0 Å². The van der Waals surface area contributed by atoms with Gasteiger partial charge in [-0.2, -0.15) is 0 Å². The van der Waals surface area contributed by atoms with E-state index in [0.29, 0.717) is 0 Å². The molecule has 0 bridgehead atoms. The molecule has 3 amide bonds. The van der Waals surface area contributed by atoms with Crippen molar-refractivity contribution < 1.29 is 38.2 Å². The van der Waals surface area contributed by atoms with Gasteiger partial charge in [-0.3, -0.25) is 14.4 Å². The van der Waals surface area contributed by atoms with Crippen LogP contribution in [0.2, 0.25) is 0 Å². The Morgan fingerprint density at radius 2 is 1.48 bits per heavy atom. The second kappa shape index (κ2) is 15.8. The number of amides is 3. The lowest BCUT2D eigenvalue weighted by molar-refractivity contribution is -0.159. The summed E-state index contributed by atoms with van der Waals surface area (Å²) in [5.74, 6) is -1.55.